The van der Waals surface area contributed by atoms with Gasteiger partial charge in [0.05, 0.1) is 22.5 Å². The fraction of sp³-hybridized carbons (Fsp3) is 0.286. The van der Waals surface area contributed by atoms with Crippen molar-refractivity contribution in [3.05, 3.63) is 59.4 Å². The molecule has 1 saturated carbocycles. The minimum Gasteiger partial charge on any atom is -0.508 e. The number of aromatic hydroxyl groups is 1. The summed E-state index contributed by atoms with van der Waals surface area (Å²) in [7, 11) is -4.28. The number of pyridine rings is 1. The summed E-state index contributed by atoms with van der Waals surface area (Å²) in [6.45, 7) is -0.155. The number of halogens is 4. The fourth-order valence-corrected chi connectivity index (χ4v) is 4.54. The van der Waals surface area contributed by atoms with Gasteiger partial charge in [-0.3, -0.25) is 4.79 Å². The Morgan fingerprint density at radius 2 is 1.97 bits per heavy atom. The molecule has 0 unspecified atom stereocenters. The quantitative estimate of drug-likeness (QED) is 0.424. The molecule has 0 bridgehead atoms. The van der Waals surface area contributed by atoms with E-state index in [1.54, 1.807) is 0 Å². The number of ether oxygens (including phenoxy) is 1. The molecule has 1 amide bonds. The number of hydrogen-bond acceptors (Lipinski definition) is 7. The first-order valence-corrected chi connectivity index (χ1v) is 12.0. The lowest BCUT2D eigenvalue weighted by molar-refractivity contribution is -0.190. The van der Waals surface area contributed by atoms with E-state index in [4.69, 9.17) is 16.3 Å². The number of carbonyl (C=O) groups excluding carboxylic acids is 1. The van der Waals surface area contributed by atoms with E-state index in [0.29, 0.717) is 0 Å². The second-order valence-corrected chi connectivity index (χ2v) is 9.96. The maximum Gasteiger partial charge on any atom is 0.394 e. The van der Waals surface area contributed by atoms with Crippen molar-refractivity contribution in [1.82, 2.24) is 19.5 Å². The lowest BCUT2D eigenvalue weighted by Gasteiger charge is -2.18. The van der Waals surface area contributed by atoms with Gasteiger partial charge in [0.25, 0.3) is 15.9 Å². The number of phenols is 1. The molecule has 0 atom stereocenters. The van der Waals surface area contributed by atoms with Crippen LogP contribution in [0.5, 0.6) is 11.6 Å². The van der Waals surface area contributed by atoms with Crippen molar-refractivity contribution in [2.75, 3.05) is 6.61 Å². The monoisotopic (exact) mass is 530 g/mol. The lowest BCUT2D eigenvalue weighted by Crippen LogP contribution is -2.31. The van der Waals surface area contributed by atoms with Gasteiger partial charge in [0.1, 0.15) is 10.9 Å². The highest BCUT2D eigenvalue weighted by Crippen LogP contribution is 2.59. The summed E-state index contributed by atoms with van der Waals surface area (Å²) in [4.78, 5) is 16.2. The van der Waals surface area contributed by atoms with Crippen LogP contribution in [0.3, 0.4) is 0 Å². The highest BCUT2D eigenvalue weighted by atomic mass is 35.5. The molecular weight excluding hydrogens is 513 g/mol. The van der Waals surface area contributed by atoms with Gasteiger partial charge in [-0.2, -0.15) is 13.2 Å². The van der Waals surface area contributed by atoms with Gasteiger partial charge in [-0.25, -0.2) is 22.8 Å². The number of amides is 1. The summed E-state index contributed by atoms with van der Waals surface area (Å²) in [5, 5.41) is 13.2. The highest BCUT2D eigenvalue weighted by molar-refractivity contribution is 7.90. The number of phenolic OH excluding ortho intramolecular Hbond substituents is 1. The van der Waals surface area contributed by atoms with Crippen molar-refractivity contribution < 1.29 is 36.2 Å². The van der Waals surface area contributed by atoms with Gasteiger partial charge >= 0.3 is 6.18 Å². The van der Waals surface area contributed by atoms with Crippen LogP contribution in [-0.4, -0.2) is 47.0 Å². The predicted molar refractivity (Wildman–Crippen MR) is 117 cm³/mol. The third-order valence-corrected chi connectivity index (χ3v) is 7.14. The van der Waals surface area contributed by atoms with Crippen LogP contribution in [0.1, 0.15) is 29.6 Å². The van der Waals surface area contributed by atoms with Crippen molar-refractivity contribution in [3.8, 4) is 17.4 Å². The Hall–Kier alpha value is -3.32. The maximum absolute atomic E-state index is 13.0. The van der Waals surface area contributed by atoms with E-state index >= 15 is 0 Å². The number of nitrogens with one attached hydrogen (secondary N) is 1. The molecule has 3 aromatic rings. The molecule has 2 N–H and O–H groups in total. The molecular formula is C21H18ClF3N4O5S. The second kappa shape index (κ2) is 9.04. The molecule has 1 fully saturated rings. The Morgan fingerprint density at radius 3 is 2.60 bits per heavy atom. The van der Waals surface area contributed by atoms with Gasteiger partial charge in [-0.1, -0.05) is 17.7 Å². The number of carbonyl (C=O) groups is 1. The van der Waals surface area contributed by atoms with E-state index in [9.17, 15) is 31.5 Å². The second-order valence-electron chi connectivity index (χ2n) is 7.91. The maximum atomic E-state index is 13.0. The number of rotatable bonds is 8. The van der Waals surface area contributed by atoms with Crippen LogP contribution in [0.25, 0.3) is 5.82 Å². The van der Waals surface area contributed by atoms with Crippen LogP contribution in [-0.2, 0) is 10.0 Å². The molecule has 186 valence electrons. The summed E-state index contributed by atoms with van der Waals surface area (Å²) in [5.41, 5.74) is -1.90. The topological polar surface area (TPSA) is 123 Å². The Balaban J connectivity index is 1.41. The van der Waals surface area contributed by atoms with Crippen molar-refractivity contribution in [2.24, 2.45) is 5.41 Å². The molecule has 0 radical (unpaired) electrons. The number of benzene rings is 1. The lowest BCUT2D eigenvalue weighted by atomic mass is 10.0. The van der Waals surface area contributed by atoms with Crippen LogP contribution < -0.4 is 9.46 Å². The van der Waals surface area contributed by atoms with Gasteiger partial charge < -0.3 is 9.84 Å². The summed E-state index contributed by atoms with van der Waals surface area (Å²) in [6, 6.07) is 8.78. The average molecular weight is 531 g/mol. The summed E-state index contributed by atoms with van der Waals surface area (Å²) in [5.74, 6) is -1.09. The van der Waals surface area contributed by atoms with Gasteiger partial charge in [0, 0.05) is 18.3 Å². The first-order valence-electron chi connectivity index (χ1n) is 10.2. The van der Waals surface area contributed by atoms with Gasteiger partial charge in [0.15, 0.2) is 5.82 Å². The Kier molecular flexibility index (Phi) is 6.40. The highest BCUT2D eigenvalue weighted by Gasteiger charge is 2.62. The molecule has 0 aliphatic heterocycles. The summed E-state index contributed by atoms with van der Waals surface area (Å²) in [6.07, 6.45) is -2.80. The molecule has 4 rings (SSSR count). The van der Waals surface area contributed by atoms with Crippen LogP contribution >= 0.6 is 11.6 Å². The molecule has 1 aliphatic rings. The van der Waals surface area contributed by atoms with Crippen molar-refractivity contribution in [1.29, 1.82) is 0 Å². The third-order valence-electron chi connectivity index (χ3n) is 5.52. The molecule has 35 heavy (non-hydrogen) atoms. The molecule has 0 saturated heterocycles. The van der Waals surface area contributed by atoms with Crippen LogP contribution in [0.2, 0.25) is 5.15 Å². The van der Waals surface area contributed by atoms with E-state index in [0.717, 1.165) is 6.07 Å². The predicted octanol–water partition coefficient (Wildman–Crippen LogP) is 3.86. The van der Waals surface area contributed by atoms with E-state index in [1.165, 1.54) is 47.3 Å². The summed E-state index contributed by atoms with van der Waals surface area (Å²) >= 11 is 6.08. The van der Waals surface area contributed by atoms with Crippen molar-refractivity contribution in [2.45, 2.75) is 30.3 Å². The number of aromatic nitrogens is 3. The van der Waals surface area contributed by atoms with Gasteiger partial charge in [-0.05, 0) is 43.5 Å². The third kappa shape index (κ3) is 5.35. The Labute approximate surface area is 202 Å². The number of alkyl halides is 3. The summed E-state index contributed by atoms with van der Waals surface area (Å²) < 4.78 is 72.2. The molecule has 1 aliphatic carbocycles. The van der Waals surface area contributed by atoms with Crippen LogP contribution in [0.4, 0.5) is 13.2 Å². The molecule has 1 aromatic carbocycles. The molecule has 9 nitrogen and oxygen atoms in total. The van der Waals surface area contributed by atoms with Gasteiger partial charge in [-0.15, -0.1) is 5.10 Å². The first-order chi connectivity index (χ1) is 16.4. The number of sulfonamides is 1. The number of nitrogens with zero attached hydrogens (tertiary/aromatic N) is 3. The minimum absolute atomic E-state index is 0.0833. The Bertz CT molecular complexity index is 1370. The van der Waals surface area contributed by atoms with Gasteiger partial charge in [0.2, 0.25) is 5.88 Å². The SMILES string of the molecule is O=C(NS(=O)(=O)c1cccc(O)c1)c1ccc(-n2ccc(OCCC3(C(F)(F)F)CC3)n2)nc1Cl. The first kappa shape index (κ1) is 24.8. The van der Waals surface area contributed by atoms with E-state index in [1.807, 2.05) is 4.72 Å². The standard InChI is InChI=1S/C21H18ClF3N4O5S/c22-18-15(19(31)28-35(32,33)14-3-1-2-13(30)12-14)4-5-16(26-18)29-10-6-17(27-29)34-11-9-20(7-8-20)21(23,24)25/h1-6,10,12,30H,7-9,11H2,(H,28,31). The van der Waals surface area contributed by atoms with E-state index in [2.05, 4.69) is 10.1 Å². The van der Waals surface area contributed by atoms with E-state index < -0.39 is 27.5 Å². The molecule has 0 spiro atoms. The number of hydrogen-bond donors (Lipinski definition) is 2. The fourth-order valence-electron chi connectivity index (χ4n) is 3.30. The van der Waals surface area contributed by atoms with E-state index in [-0.39, 0.29) is 58.9 Å². The van der Waals surface area contributed by atoms with Crippen molar-refractivity contribution in [3.63, 3.8) is 0 Å². The molecule has 2 heterocycles. The minimum atomic E-state index is -4.28. The molecule has 14 heteroatoms. The van der Waals surface area contributed by atoms with Crippen molar-refractivity contribution >= 4 is 27.5 Å². The zero-order valence-corrected chi connectivity index (χ0v) is 19.4. The smallest absolute Gasteiger partial charge is 0.394 e. The zero-order chi connectivity index (χ0) is 25.4. The Morgan fingerprint density at radius 1 is 1.23 bits per heavy atom. The zero-order valence-electron chi connectivity index (χ0n) is 17.8. The van der Waals surface area contributed by atoms with Crippen LogP contribution in [0.15, 0.2) is 53.6 Å². The largest absolute Gasteiger partial charge is 0.508 e. The molecule has 2 aromatic heterocycles. The normalized spacial score (nSPS) is 15.0. The van der Waals surface area contributed by atoms with Crippen LogP contribution in [0, 0.1) is 5.41 Å². The average Bonchev–Trinajstić information content (AvgIpc) is 3.43.